The molecule has 28 heavy (non-hydrogen) atoms. The third kappa shape index (κ3) is 5.20. The van der Waals surface area contributed by atoms with Crippen LogP contribution in [0.1, 0.15) is 56.9 Å². The van der Waals surface area contributed by atoms with Crippen LogP contribution in [0.5, 0.6) is 0 Å². The van der Waals surface area contributed by atoms with Crippen molar-refractivity contribution in [1.82, 2.24) is 0 Å². The maximum Gasteiger partial charge on any atom is 0.313 e. The minimum atomic E-state index is -3.26. The van der Waals surface area contributed by atoms with Crippen molar-refractivity contribution in [3.8, 4) is 0 Å². The van der Waals surface area contributed by atoms with Crippen LogP contribution in [0.25, 0.3) is 0 Å². The van der Waals surface area contributed by atoms with Gasteiger partial charge in [-0.1, -0.05) is 12.1 Å². The maximum absolute atomic E-state index is 12.9. The summed E-state index contributed by atoms with van der Waals surface area (Å²) in [6, 6.07) is 6.64. The average Bonchev–Trinajstić information content (AvgIpc) is 3.53. The van der Waals surface area contributed by atoms with E-state index >= 15 is 0 Å². The van der Waals surface area contributed by atoms with Gasteiger partial charge in [-0.15, -0.1) is 0 Å². The predicted molar refractivity (Wildman–Crippen MR) is 104 cm³/mol. The molecule has 0 amide bonds. The summed E-state index contributed by atoms with van der Waals surface area (Å²) in [6.45, 7) is 3.31. The lowest BCUT2D eigenvalue weighted by Gasteiger charge is -2.26. The fourth-order valence-electron chi connectivity index (χ4n) is 3.71. The lowest BCUT2D eigenvalue weighted by molar-refractivity contribution is -0.145. The van der Waals surface area contributed by atoms with Crippen LogP contribution in [0.4, 0.5) is 0 Å². The molecular formula is C21H28O6S. The number of carbonyl (C=O) groups excluding carboxylic acids is 2. The number of ketones is 1. The zero-order valence-electron chi connectivity index (χ0n) is 16.3. The number of benzene rings is 1. The molecule has 6 nitrogen and oxygen atoms in total. The van der Waals surface area contributed by atoms with Crippen molar-refractivity contribution in [2.45, 2.75) is 61.5 Å². The van der Waals surface area contributed by atoms with Crippen LogP contribution in [-0.4, -0.2) is 45.2 Å². The van der Waals surface area contributed by atoms with E-state index in [1.807, 2.05) is 0 Å². The van der Waals surface area contributed by atoms with Crippen LogP contribution in [0.15, 0.2) is 29.2 Å². The molecule has 1 heterocycles. The molecular weight excluding hydrogens is 380 g/mol. The normalized spacial score (nSPS) is 19.2. The van der Waals surface area contributed by atoms with Gasteiger partial charge in [0.15, 0.2) is 15.6 Å². The van der Waals surface area contributed by atoms with E-state index in [0.717, 1.165) is 18.4 Å². The van der Waals surface area contributed by atoms with E-state index in [0.29, 0.717) is 43.3 Å². The molecule has 7 heteroatoms. The highest BCUT2D eigenvalue weighted by Gasteiger charge is 2.37. The van der Waals surface area contributed by atoms with Crippen LogP contribution in [0, 0.1) is 5.92 Å². The second kappa shape index (κ2) is 9.18. The zero-order chi connectivity index (χ0) is 20.1. The number of Topliss-reactive ketones (excluding diaryl/α,β-unsaturated/α-hetero) is 1. The van der Waals surface area contributed by atoms with E-state index in [-0.39, 0.29) is 24.1 Å². The Morgan fingerprint density at radius 3 is 2.32 bits per heavy atom. The van der Waals surface area contributed by atoms with Gasteiger partial charge < -0.3 is 9.47 Å². The molecule has 0 N–H and O–H groups in total. The second-order valence-electron chi connectivity index (χ2n) is 7.61. The Labute approximate surface area is 166 Å². The van der Waals surface area contributed by atoms with Crippen LogP contribution in [0.2, 0.25) is 0 Å². The van der Waals surface area contributed by atoms with Crippen molar-refractivity contribution in [1.29, 1.82) is 0 Å². The van der Waals surface area contributed by atoms with Crippen molar-refractivity contribution in [2.75, 3.05) is 19.8 Å². The first-order valence-electron chi connectivity index (χ1n) is 10.0. The average molecular weight is 409 g/mol. The number of ether oxygens (including phenoxy) is 2. The molecule has 2 fully saturated rings. The predicted octanol–water partition coefficient (Wildman–Crippen LogP) is 3.05. The van der Waals surface area contributed by atoms with Gasteiger partial charge in [-0.05, 0) is 62.6 Å². The lowest BCUT2D eigenvalue weighted by Crippen LogP contribution is -2.24. The Kier molecular flexibility index (Phi) is 6.88. The van der Waals surface area contributed by atoms with Crippen molar-refractivity contribution >= 4 is 21.6 Å². The lowest BCUT2D eigenvalue weighted by atomic mass is 9.82. The number of sulfone groups is 1. The van der Waals surface area contributed by atoms with Crippen LogP contribution in [0.3, 0.4) is 0 Å². The summed E-state index contributed by atoms with van der Waals surface area (Å²) >= 11 is 0. The Morgan fingerprint density at radius 2 is 1.75 bits per heavy atom. The van der Waals surface area contributed by atoms with Gasteiger partial charge in [-0.3, -0.25) is 9.59 Å². The third-order valence-corrected chi connectivity index (χ3v) is 7.77. The molecule has 1 saturated carbocycles. The summed E-state index contributed by atoms with van der Waals surface area (Å²) < 4.78 is 35.1. The van der Waals surface area contributed by atoms with E-state index in [2.05, 4.69) is 0 Å². The smallest absolute Gasteiger partial charge is 0.313 e. The third-order valence-electron chi connectivity index (χ3n) is 5.50. The van der Waals surface area contributed by atoms with Gasteiger partial charge in [-0.25, -0.2) is 8.42 Å². The molecule has 2 aliphatic rings. The second-order valence-corrected chi connectivity index (χ2v) is 9.83. The fourth-order valence-corrected chi connectivity index (χ4v) is 5.36. The maximum atomic E-state index is 12.9. The molecule has 1 atom stereocenters. The molecule has 0 aromatic heterocycles. The SMILES string of the molecule is CCOC(=O)CC(=O)C(CC1CCOCC1)c1ccc(S(=O)(=O)C2CC2)cc1. The van der Waals surface area contributed by atoms with E-state index in [4.69, 9.17) is 9.47 Å². The Morgan fingerprint density at radius 1 is 1.11 bits per heavy atom. The fraction of sp³-hybridized carbons (Fsp3) is 0.619. The molecule has 1 aliphatic heterocycles. The minimum Gasteiger partial charge on any atom is -0.466 e. The Balaban J connectivity index is 1.78. The van der Waals surface area contributed by atoms with Crippen molar-refractivity contribution in [3.05, 3.63) is 29.8 Å². The summed E-state index contributed by atoms with van der Waals surface area (Å²) in [7, 11) is -3.26. The molecule has 154 valence electrons. The van der Waals surface area contributed by atoms with Gasteiger partial charge in [0.1, 0.15) is 6.42 Å². The van der Waals surface area contributed by atoms with E-state index < -0.39 is 21.7 Å². The molecule has 1 unspecified atom stereocenters. The van der Waals surface area contributed by atoms with Crippen molar-refractivity contribution in [3.63, 3.8) is 0 Å². The summed E-state index contributed by atoms with van der Waals surface area (Å²) in [5, 5.41) is -0.262. The van der Waals surface area contributed by atoms with Gasteiger partial charge in [-0.2, -0.15) is 0 Å². The number of esters is 1. The number of hydrogen-bond acceptors (Lipinski definition) is 6. The van der Waals surface area contributed by atoms with Crippen LogP contribution >= 0.6 is 0 Å². The number of rotatable bonds is 9. The molecule has 1 aromatic carbocycles. The molecule has 0 spiro atoms. The topological polar surface area (TPSA) is 86.7 Å². The van der Waals surface area contributed by atoms with E-state index in [1.54, 1.807) is 31.2 Å². The van der Waals surface area contributed by atoms with Gasteiger partial charge in [0.05, 0.1) is 16.8 Å². The van der Waals surface area contributed by atoms with Gasteiger partial charge >= 0.3 is 5.97 Å². The molecule has 1 aromatic rings. The molecule has 0 radical (unpaired) electrons. The molecule has 1 aliphatic carbocycles. The van der Waals surface area contributed by atoms with Crippen LogP contribution < -0.4 is 0 Å². The summed E-state index contributed by atoms with van der Waals surface area (Å²) in [4.78, 5) is 25.0. The highest BCUT2D eigenvalue weighted by atomic mass is 32.2. The van der Waals surface area contributed by atoms with Gasteiger partial charge in [0.2, 0.25) is 0 Å². The monoisotopic (exact) mass is 408 g/mol. The van der Waals surface area contributed by atoms with Gasteiger partial charge in [0.25, 0.3) is 0 Å². The minimum absolute atomic E-state index is 0.178. The van der Waals surface area contributed by atoms with E-state index in [1.165, 1.54) is 0 Å². The summed E-state index contributed by atoms with van der Waals surface area (Å²) in [5.41, 5.74) is 0.760. The highest BCUT2D eigenvalue weighted by molar-refractivity contribution is 7.92. The number of hydrogen-bond donors (Lipinski definition) is 0. The first-order chi connectivity index (χ1) is 13.4. The first kappa shape index (κ1) is 21.0. The molecule has 1 saturated heterocycles. The quantitative estimate of drug-likeness (QED) is 0.461. The molecule has 0 bridgehead atoms. The van der Waals surface area contributed by atoms with Crippen molar-refractivity contribution in [2.24, 2.45) is 5.92 Å². The van der Waals surface area contributed by atoms with Gasteiger partial charge in [0, 0.05) is 19.1 Å². The van der Waals surface area contributed by atoms with E-state index in [9.17, 15) is 18.0 Å². The zero-order valence-corrected chi connectivity index (χ0v) is 17.1. The largest absolute Gasteiger partial charge is 0.466 e. The molecule has 3 rings (SSSR count). The number of carbonyl (C=O) groups is 2. The van der Waals surface area contributed by atoms with Crippen LogP contribution in [-0.2, 0) is 28.9 Å². The first-order valence-corrected chi connectivity index (χ1v) is 11.6. The standard InChI is InChI=1S/C21H28O6S/c1-2-27-21(23)14-20(22)19(13-15-9-11-26-12-10-15)16-3-5-17(6-4-16)28(24,25)18-7-8-18/h3-6,15,18-19H,2,7-14H2,1H3. The Hall–Kier alpha value is -1.73. The Bertz CT molecular complexity index is 789. The summed E-state index contributed by atoms with van der Waals surface area (Å²) in [6.07, 6.45) is 3.58. The highest BCUT2D eigenvalue weighted by Crippen LogP contribution is 2.35. The summed E-state index contributed by atoms with van der Waals surface area (Å²) in [5.74, 6) is -0.787. The van der Waals surface area contributed by atoms with Crippen molar-refractivity contribution < 1.29 is 27.5 Å².